The van der Waals surface area contributed by atoms with E-state index in [1.54, 1.807) is 4.68 Å². The Morgan fingerprint density at radius 2 is 2.04 bits per heavy atom. The Morgan fingerprint density at radius 1 is 1.26 bits per heavy atom. The van der Waals surface area contributed by atoms with Crippen molar-refractivity contribution in [3.05, 3.63) is 16.3 Å². The lowest BCUT2D eigenvalue weighted by Gasteiger charge is -2.35. The van der Waals surface area contributed by atoms with Crippen molar-refractivity contribution < 1.29 is 0 Å². The van der Waals surface area contributed by atoms with Crippen molar-refractivity contribution >= 4 is 5.96 Å². The van der Waals surface area contributed by atoms with Crippen LogP contribution in [0, 0.1) is 0 Å². The molecule has 3 rings (SSSR count). The molecule has 2 N–H and O–H groups in total. The minimum Gasteiger partial charge on any atom is -0.356 e. The van der Waals surface area contributed by atoms with E-state index in [9.17, 15) is 4.79 Å². The fourth-order valence-electron chi connectivity index (χ4n) is 3.98. The molecule has 8 nitrogen and oxygen atoms in total. The summed E-state index contributed by atoms with van der Waals surface area (Å²) in [6, 6.07) is 1.11. The van der Waals surface area contributed by atoms with Gasteiger partial charge in [0.25, 0.3) is 0 Å². The van der Waals surface area contributed by atoms with E-state index in [1.807, 2.05) is 11.6 Å². The highest BCUT2D eigenvalue weighted by molar-refractivity contribution is 5.79. The van der Waals surface area contributed by atoms with E-state index in [0.717, 1.165) is 76.5 Å². The van der Waals surface area contributed by atoms with Gasteiger partial charge in [-0.2, -0.15) is 5.10 Å². The molecule has 1 aromatic rings. The lowest BCUT2D eigenvalue weighted by molar-refractivity contribution is 0.167. The van der Waals surface area contributed by atoms with Crippen LogP contribution in [0.1, 0.15) is 51.8 Å². The van der Waals surface area contributed by atoms with Gasteiger partial charge in [0.05, 0.1) is 0 Å². The van der Waals surface area contributed by atoms with Gasteiger partial charge in [0.15, 0.2) is 5.96 Å². The fourth-order valence-corrected chi connectivity index (χ4v) is 3.98. The smallest absolute Gasteiger partial charge is 0.345 e. The summed E-state index contributed by atoms with van der Waals surface area (Å²) in [6.45, 7) is 9.04. The second-order valence-electron chi connectivity index (χ2n) is 7.93. The summed E-state index contributed by atoms with van der Waals surface area (Å²) in [7, 11) is 1.81. The maximum atomic E-state index is 12.3. The molecule has 0 radical (unpaired) electrons. The molecule has 1 fully saturated rings. The zero-order valence-electron chi connectivity index (χ0n) is 17.1. The predicted molar refractivity (Wildman–Crippen MR) is 108 cm³/mol. The Morgan fingerprint density at radius 3 is 2.70 bits per heavy atom. The van der Waals surface area contributed by atoms with Crippen LogP contribution in [0.3, 0.4) is 0 Å². The molecule has 3 heterocycles. The van der Waals surface area contributed by atoms with E-state index in [-0.39, 0.29) is 5.69 Å². The van der Waals surface area contributed by atoms with Crippen molar-refractivity contribution in [1.29, 1.82) is 0 Å². The Balaban J connectivity index is 1.39. The van der Waals surface area contributed by atoms with Crippen LogP contribution in [0.2, 0.25) is 0 Å². The molecule has 0 unspecified atom stereocenters. The Labute approximate surface area is 162 Å². The summed E-state index contributed by atoms with van der Waals surface area (Å²) in [4.78, 5) is 19.2. The normalized spacial score (nSPS) is 19.3. The zero-order valence-corrected chi connectivity index (χ0v) is 17.1. The van der Waals surface area contributed by atoms with E-state index in [1.165, 1.54) is 0 Å². The quantitative estimate of drug-likeness (QED) is 0.436. The van der Waals surface area contributed by atoms with Crippen LogP contribution in [0.15, 0.2) is 9.79 Å². The van der Waals surface area contributed by atoms with Crippen LogP contribution >= 0.6 is 0 Å². The molecule has 0 aromatic carbocycles. The molecule has 2 aliphatic heterocycles. The minimum absolute atomic E-state index is 0.0455. The first kappa shape index (κ1) is 19.9. The lowest BCUT2D eigenvalue weighted by Crippen LogP contribution is -2.50. The number of nitrogens with zero attached hydrogens (tertiary/aromatic N) is 5. The molecule has 0 atom stereocenters. The zero-order chi connectivity index (χ0) is 19.2. The van der Waals surface area contributed by atoms with Gasteiger partial charge in [0.2, 0.25) is 0 Å². The van der Waals surface area contributed by atoms with Crippen LogP contribution in [0.25, 0.3) is 0 Å². The third-order valence-corrected chi connectivity index (χ3v) is 5.69. The van der Waals surface area contributed by atoms with Gasteiger partial charge in [-0.1, -0.05) is 0 Å². The second-order valence-corrected chi connectivity index (χ2v) is 7.93. The molecule has 8 heteroatoms. The number of hydrogen-bond acceptors (Lipinski definition) is 4. The van der Waals surface area contributed by atoms with Crippen molar-refractivity contribution in [2.45, 2.75) is 77.5 Å². The molecule has 152 valence electrons. The molecule has 0 spiro atoms. The average Bonchev–Trinajstić information content (AvgIpc) is 3.00. The maximum absolute atomic E-state index is 12.3. The maximum Gasteiger partial charge on any atom is 0.345 e. The third-order valence-electron chi connectivity index (χ3n) is 5.69. The van der Waals surface area contributed by atoms with Crippen LogP contribution in [0.4, 0.5) is 0 Å². The molecule has 2 aliphatic rings. The fraction of sp³-hybridized carbons (Fsp3) is 0.842. The van der Waals surface area contributed by atoms with Crippen molar-refractivity contribution in [1.82, 2.24) is 29.9 Å². The first-order valence-electron chi connectivity index (χ1n) is 10.5. The molecular formula is C19H35N7O. The van der Waals surface area contributed by atoms with Gasteiger partial charge in [-0.3, -0.25) is 9.56 Å². The summed E-state index contributed by atoms with van der Waals surface area (Å²) < 4.78 is 3.46. The molecule has 1 aromatic heterocycles. The lowest BCUT2D eigenvalue weighted by atomic mass is 10.0. The van der Waals surface area contributed by atoms with Gasteiger partial charge < -0.3 is 15.5 Å². The summed E-state index contributed by atoms with van der Waals surface area (Å²) in [5.74, 6) is 1.80. The predicted octanol–water partition coefficient (Wildman–Crippen LogP) is 0.809. The number of fused-ring (bicyclic) bond motifs is 1. The number of likely N-dealkylation sites (tertiary alicyclic amines) is 1. The SMILES string of the molecule is CN=C(NCCCn1nc2n(c1=O)CCCC2)NC1CCN(C(C)C)CC1. The van der Waals surface area contributed by atoms with E-state index < -0.39 is 0 Å². The molecule has 0 saturated carbocycles. The van der Waals surface area contributed by atoms with Gasteiger partial charge in [-0.15, -0.1) is 0 Å². The Bertz CT molecular complexity index is 683. The van der Waals surface area contributed by atoms with Crippen LogP contribution in [0.5, 0.6) is 0 Å². The number of piperidine rings is 1. The number of aryl methyl sites for hydroxylation is 2. The van der Waals surface area contributed by atoms with Crippen molar-refractivity contribution in [3.63, 3.8) is 0 Å². The van der Waals surface area contributed by atoms with E-state index >= 15 is 0 Å². The van der Waals surface area contributed by atoms with Crippen molar-refractivity contribution in [2.75, 3.05) is 26.7 Å². The van der Waals surface area contributed by atoms with E-state index in [4.69, 9.17) is 0 Å². The van der Waals surface area contributed by atoms with Crippen LogP contribution in [-0.2, 0) is 19.5 Å². The number of aliphatic imine (C=N–C) groups is 1. The van der Waals surface area contributed by atoms with Gasteiger partial charge >= 0.3 is 5.69 Å². The van der Waals surface area contributed by atoms with E-state index in [2.05, 4.69) is 39.5 Å². The van der Waals surface area contributed by atoms with Crippen molar-refractivity contribution in [3.8, 4) is 0 Å². The van der Waals surface area contributed by atoms with E-state index in [0.29, 0.717) is 18.6 Å². The molecule has 0 aliphatic carbocycles. The number of hydrogen-bond donors (Lipinski definition) is 2. The molecule has 1 saturated heterocycles. The average molecular weight is 378 g/mol. The highest BCUT2D eigenvalue weighted by Gasteiger charge is 2.21. The number of nitrogens with one attached hydrogen (secondary N) is 2. The van der Waals surface area contributed by atoms with Crippen LogP contribution < -0.4 is 16.3 Å². The van der Waals surface area contributed by atoms with Gasteiger partial charge in [-0.05, 0) is 46.0 Å². The number of aromatic nitrogens is 3. The topological polar surface area (TPSA) is 79.5 Å². The first-order valence-corrected chi connectivity index (χ1v) is 10.5. The monoisotopic (exact) mass is 377 g/mol. The summed E-state index contributed by atoms with van der Waals surface area (Å²) in [5, 5.41) is 11.4. The second kappa shape index (κ2) is 9.39. The summed E-state index contributed by atoms with van der Waals surface area (Å²) in [5.41, 5.74) is 0.0455. The standard InChI is InChI=1S/C19H35N7O/c1-15(2)24-13-8-16(9-14-24)22-18(20-3)21-10-6-12-26-19(27)25-11-5-4-7-17(25)23-26/h15-16H,4-14H2,1-3H3,(H2,20,21,22). The largest absolute Gasteiger partial charge is 0.356 e. The van der Waals surface area contributed by atoms with Gasteiger partial charge in [-0.25, -0.2) is 9.48 Å². The Hall–Kier alpha value is -1.83. The minimum atomic E-state index is 0.0455. The molecule has 0 amide bonds. The third kappa shape index (κ3) is 5.12. The van der Waals surface area contributed by atoms with Crippen molar-refractivity contribution in [2.24, 2.45) is 4.99 Å². The highest BCUT2D eigenvalue weighted by atomic mass is 16.2. The van der Waals surface area contributed by atoms with Crippen LogP contribution in [-0.4, -0.2) is 64.0 Å². The number of rotatable bonds is 6. The summed E-state index contributed by atoms with van der Waals surface area (Å²) >= 11 is 0. The molecular weight excluding hydrogens is 342 g/mol. The Kier molecular flexibility index (Phi) is 6.93. The first-order chi connectivity index (χ1) is 13.1. The van der Waals surface area contributed by atoms with Gasteiger partial charge in [0.1, 0.15) is 5.82 Å². The highest BCUT2D eigenvalue weighted by Crippen LogP contribution is 2.13. The van der Waals surface area contributed by atoms with Gasteiger partial charge in [0, 0.05) is 58.3 Å². The summed E-state index contributed by atoms with van der Waals surface area (Å²) in [6.07, 6.45) is 6.28. The molecule has 0 bridgehead atoms. The number of guanidine groups is 1. The molecule has 27 heavy (non-hydrogen) atoms.